The van der Waals surface area contributed by atoms with Crippen molar-refractivity contribution in [2.75, 3.05) is 71.9 Å². The van der Waals surface area contributed by atoms with Crippen molar-refractivity contribution in [2.24, 2.45) is 0 Å². The molecule has 0 saturated carbocycles. The molecule has 0 unspecified atom stereocenters. The van der Waals surface area contributed by atoms with Crippen LogP contribution in [0.5, 0.6) is 11.5 Å². The van der Waals surface area contributed by atoms with Gasteiger partial charge in [0.05, 0.1) is 19.8 Å². The summed E-state index contributed by atoms with van der Waals surface area (Å²) in [7, 11) is 12.3. The molecule has 0 spiro atoms. The molecule has 9 heteroatoms. The highest BCUT2D eigenvalue weighted by Gasteiger charge is 2.14. The average Bonchev–Trinajstić information content (AvgIpc) is 3.23. The maximum atomic E-state index is 11.1. The first-order valence-electron chi connectivity index (χ1n) is 19.6. The second-order valence-electron chi connectivity index (χ2n) is 14.1. The van der Waals surface area contributed by atoms with Crippen molar-refractivity contribution in [3.63, 3.8) is 0 Å². The lowest BCUT2D eigenvalue weighted by molar-refractivity contribution is -0.462. The van der Waals surface area contributed by atoms with E-state index in [9.17, 15) is 14.4 Å². The molecule has 0 saturated heterocycles. The number of hydrogen-bond donors (Lipinski definition) is 0. The van der Waals surface area contributed by atoms with Crippen molar-refractivity contribution in [1.82, 2.24) is 0 Å². The van der Waals surface area contributed by atoms with Crippen LogP contribution in [0.25, 0.3) is 5.57 Å². The van der Waals surface area contributed by atoms with Crippen molar-refractivity contribution in [3.05, 3.63) is 150 Å². The van der Waals surface area contributed by atoms with E-state index in [1.807, 2.05) is 44.4 Å². The molecule has 0 heterocycles. The number of Topliss-reactive ketones (excluding diaryl/α,β-unsaturated/α-hetero) is 1. The number of anilines is 2. The molecule has 4 aromatic rings. The van der Waals surface area contributed by atoms with Crippen molar-refractivity contribution >= 4 is 40.7 Å². The highest BCUT2D eigenvalue weighted by molar-refractivity contribution is 6.04. The largest absolute Gasteiger partial charge is 0.494 e. The molecule has 306 valence electrons. The van der Waals surface area contributed by atoms with Crippen LogP contribution in [-0.2, 0) is 14.3 Å². The number of para-hydroxylation sites is 1. The van der Waals surface area contributed by atoms with E-state index in [4.69, 9.17) is 14.2 Å². The molecule has 4 aromatic carbocycles. The Hall–Kier alpha value is -6.22. The second kappa shape index (κ2) is 25.1. The van der Waals surface area contributed by atoms with E-state index in [0.717, 1.165) is 24.0 Å². The number of hydrogen-bond acceptors (Lipinski definition) is 8. The van der Waals surface area contributed by atoms with E-state index in [1.165, 1.54) is 33.8 Å². The molecule has 0 atom stereocenters. The summed E-state index contributed by atoms with van der Waals surface area (Å²) in [6.07, 6.45) is 11.7. The number of ketones is 1. The maximum Gasteiger partial charge on any atom is 0.305 e. The van der Waals surface area contributed by atoms with Gasteiger partial charge in [-0.25, -0.2) is 4.58 Å². The lowest BCUT2D eigenvalue weighted by Gasteiger charge is -2.17. The van der Waals surface area contributed by atoms with Crippen molar-refractivity contribution in [2.45, 2.75) is 39.5 Å². The van der Waals surface area contributed by atoms with Gasteiger partial charge in [-0.15, -0.1) is 0 Å². The SMILES string of the molecule is CC(=O)CCCOc1ccc(C(=C2C=CC(=[N+](C)C)C=C2)c2ccc(N(C)C)cc2)cc1.CCOC(=O)CCCOc1ccc(C=O)cc1.CN(C)c1ccccc1. The first kappa shape index (κ1) is 46.2. The molecule has 58 heavy (non-hydrogen) atoms. The molecule has 0 bridgehead atoms. The second-order valence-corrected chi connectivity index (χ2v) is 14.1. The lowest BCUT2D eigenvalue weighted by Crippen LogP contribution is -2.10. The molecule has 0 aliphatic heterocycles. The molecule has 1 aliphatic rings. The summed E-state index contributed by atoms with van der Waals surface area (Å²) in [6, 6.07) is 34.0. The van der Waals surface area contributed by atoms with E-state index < -0.39 is 0 Å². The highest BCUT2D eigenvalue weighted by atomic mass is 16.5. The van der Waals surface area contributed by atoms with Crippen LogP contribution in [0.3, 0.4) is 0 Å². The van der Waals surface area contributed by atoms with E-state index >= 15 is 0 Å². The molecule has 5 rings (SSSR count). The molecule has 0 N–H and O–H groups in total. The Balaban J connectivity index is 0.000000286. The summed E-state index contributed by atoms with van der Waals surface area (Å²) in [5, 5.41) is 0. The number of carbonyl (C=O) groups is 3. The van der Waals surface area contributed by atoms with Crippen LogP contribution in [0.2, 0.25) is 0 Å². The summed E-state index contributed by atoms with van der Waals surface area (Å²) < 4.78 is 18.1. The minimum Gasteiger partial charge on any atom is -0.494 e. The van der Waals surface area contributed by atoms with Gasteiger partial charge in [0.2, 0.25) is 0 Å². The van der Waals surface area contributed by atoms with Crippen molar-refractivity contribution in [3.8, 4) is 11.5 Å². The first-order valence-corrected chi connectivity index (χ1v) is 19.6. The number of esters is 1. The zero-order valence-corrected chi connectivity index (χ0v) is 35.4. The maximum absolute atomic E-state index is 11.1. The van der Waals surface area contributed by atoms with Gasteiger partial charge in [-0.05, 0) is 122 Å². The number of carbonyl (C=O) groups excluding carboxylic acids is 3. The quantitative estimate of drug-likeness (QED) is 0.0481. The topological polar surface area (TPSA) is 88.4 Å². The van der Waals surface area contributed by atoms with Gasteiger partial charge < -0.3 is 28.8 Å². The van der Waals surface area contributed by atoms with Crippen LogP contribution in [0.1, 0.15) is 61.0 Å². The summed E-state index contributed by atoms with van der Waals surface area (Å²) in [6.45, 7) is 4.81. The first-order chi connectivity index (χ1) is 27.9. The van der Waals surface area contributed by atoms with Crippen LogP contribution < -0.4 is 19.3 Å². The molecular weight excluding hydrogens is 727 g/mol. The van der Waals surface area contributed by atoms with Gasteiger partial charge in [0, 0.05) is 70.1 Å². The molecule has 0 amide bonds. The van der Waals surface area contributed by atoms with Crippen LogP contribution in [0.4, 0.5) is 11.4 Å². The summed E-state index contributed by atoms with van der Waals surface area (Å²) in [4.78, 5) is 36.7. The van der Waals surface area contributed by atoms with Gasteiger partial charge in [0.25, 0.3) is 0 Å². The van der Waals surface area contributed by atoms with E-state index in [0.29, 0.717) is 50.4 Å². The number of allylic oxidation sites excluding steroid dienone is 5. The molecule has 0 fully saturated rings. The number of nitrogens with zero attached hydrogens (tertiary/aromatic N) is 3. The number of ether oxygens (including phenoxy) is 3. The lowest BCUT2D eigenvalue weighted by atomic mass is 9.90. The van der Waals surface area contributed by atoms with Gasteiger partial charge in [-0.3, -0.25) is 9.59 Å². The minimum atomic E-state index is -0.201. The Bertz CT molecular complexity index is 1970. The van der Waals surface area contributed by atoms with Gasteiger partial charge in [0.15, 0.2) is 5.71 Å². The third-order valence-corrected chi connectivity index (χ3v) is 8.82. The number of aldehydes is 1. The average molecular weight is 787 g/mol. The summed E-state index contributed by atoms with van der Waals surface area (Å²) in [5.74, 6) is 1.51. The van der Waals surface area contributed by atoms with Crippen LogP contribution in [0, 0.1) is 0 Å². The van der Waals surface area contributed by atoms with Gasteiger partial charge in [-0.1, -0.05) is 42.5 Å². The fraction of sp³-hybridized carbons (Fsp3) is 0.306. The predicted octanol–water partition coefficient (Wildman–Crippen LogP) is 9.12. The Kier molecular flexibility index (Phi) is 20.0. The Morgan fingerprint density at radius 2 is 1.12 bits per heavy atom. The Morgan fingerprint density at radius 1 is 0.638 bits per heavy atom. The zero-order chi connectivity index (χ0) is 42.3. The fourth-order valence-electron chi connectivity index (χ4n) is 5.59. The van der Waals surface area contributed by atoms with E-state index in [2.05, 4.69) is 115 Å². The van der Waals surface area contributed by atoms with Crippen molar-refractivity contribution < 1.29 is 33.2 Å². The summed E-state index contributed by atoms with van der Waals surface area (Å²) >= 11 is 0. The predicted molar refractivity (Wildman–Crippen MR) is 238 cm³/mol. The van der Waals surface area contributed by atoms with Crippen LogP contribution >= 0.6 is 0 Å². The molecule has 0 radical (unpaired) electrons. The number of rotatable bonds is 16. The number of benzene rings is 4. The zero-order valence-electron chi connectivity index (χ0n) is 35.4. The highest BCUT2D eigenvalue weighted by Crippen LogP contribution is 2.32. The van der Waals surface area contributed by atoms with E-state index in [-0.39, 0.29) is 11.8 Å². The Morgan fingerprint density at radius 3 is 1.57 bits per heavy atom. The smallest absolute Gasteiger partial charge is 0.305 e. The molecule has 1 aliphatic carbocycles. The monoisotopic (exact) mass is 786 g/mol. The Labute approximate surface area is 345 Å². The van der Waals surface area contributed by atoms with Gasteiger partial charge in [-0.2, -0.15) is 0 Å². The van der Waals surface area contributed by atoms with E-state index in [1.54, 1.807) is 38.1 Å². The third kappa shape index (κ3) is 16.5. The van der Waals surface area contributed by atoms with Gasteiger partial charge in [0.1, 0.15) is 37.7 Å². The fourth-order valence-corrected chi connectivity index (χ4v) is 5.59. The summed E-state index contributed by atoms with van der Waals surface area (Å²) in [5.41, 5.74) is 8.86. The van der Waals surface area contributed by atoms with Crippen LogP contribution in [0.15, 0.2) is 133 Å². The minimum absolute atomic E-state index is 0.198. The molecule has 0 aromatic heterocycles. The standard InChI is InChI=1S/C28H33N2O2.C13H16O4.C8H11N/c1-21(31)7-6-20-32-27-18-12-24(13-19-27)28(22-8-14-25(15-9-22)29(2)3)23-10-16-26(17-11-23)30(4)5;1-2-16-13(15)4-3-9-17-12-7-5-11(10-14)6-8-12;1-9(2)8-6-4-3-5-7-8/h8-19H,6-7,20H2,1-5H3;5-8,10H,2-4,9H2,1H3;3-7H,1-2H3/q+1;;. The van der Waals surface area contributed by atoms with Crippen molar-refractivity contribution in [1.29, 1.82) is 0 Å². The van der Waals surface area contributed by atoms with Gasteiger partial charge >= 0.3 is 5.97 Å². The van der Waals surface area contributed by atoms with Crippen LogP contribution in [-0.4, -0.2) is 90.4 Å². The normalized spacial score (nSPS) is 11.2. The molecular formula is C49H60N3O6+. The molecule has 9 nitrogen and oxygen atoms in total. The third-order valence-electron chi connectivity index (χ3n) is 8.82.